The zero-order valence-electron chi connectivity index (χ0n) is 15.2. The summed E-state index contributed by atoms with van der Waals surface area (Å²) in [5.74, 6) is 0.253. The van der Waals surface area contributed by atoms with Gasteiger partial charge < -0.3 is 18.9 Å². The number of nitrogens with zero attached hydrogens (tertiary/aromatic N) is 2. The van der Waals surface area contributed by atoms with E-state index in [1.165, 1.54) is 0 Å². The lowest BCUT2D eigenvalue weighted by atomic mass is 10.1. The van der Waals surface area contributed by atoms with Crippen LogP contribution in [0.3, 0.4) is 0 Å². The molecule has 0 radical (unpaired) electrons. The third kappa shape index (κ3) is 3.77. The number of carbonyl (C=O) groups is 2. The normalized spacial score (nSPS) is 16.4. The first-order valence-corrected chi connectivity index (χ1v) is 9.62. The van der Waals surface area contributed by atoms with Gasteiger partial charge in [-0.1, -0.05) is 17.3 Å². The summed E-state index contributed by atoms with van der Waals surface area (Å²) in [6, 6.07) is 12.8. The Kier molecular flexibility index (Phi) is 5.12. The van der Waals surface area contributed by atoms with Crippen LogP contribution in [-0.4, -0.2) is 30.7 Å². The van der Waals surface area contributed by atoms with Gasteiger partial charge >= 0.3 is 5.97 Å². The van der Waals surface area contributed by atoms with Crippen LogP contribution in [0.25, 0.3) is 10.6 Å². The van der Waals surface area contributed by atoms with E-state index in [-0.39, 0.29) is 25.5 Å². The van der Waals surface area contributed by atoms with Gasteiger partial charge in [0.1, 0.15) is 18.1 Å². The van der Waals surface area contributed by atoms with E-state index in [1.54, 1.807) is 41.5 Å². The maximum atomic E-state index is 12.4. The molecule has 8 heteroatoms. The number of esters is 1. The minimum atomic E-state index is -0.512. The summed E-state index contributed by atoms with van der Waals surface area (Å²) in [6.45, 7) is 0.293. The number of thiophene rings is 1. The van der Waals surface area contributed by atoms with Crippen LogP contribution < -0.4 is 9.64 Å². The van der Waals surface area contributed by atoms with Crippen molar-refractivity contribution in [1.82, 2.24) is 5.16 Å². The second kappa shape index (κ2) is 7.85. The predicted octanol–water partition coefficient (Wildman–Crippen LogP) is 3.51. The molecule has 1 amide bonds. The van der Waals surface area contributed by atoms with Crippen LogP contribution >= 0.6 is 11.3 Å². The highest BCUT2D eigenvalue weighted by Crippen LogP contribution is 2.29. The molecule has 144 valence electrons. The van der Waals surface area contributed by atoms with E-state index >= 15 is 0 Å². The molecule has 0 spiro atoms. The molecule has 2 aromatic heterocycles. The number of methoxy groups -OCH3 is 1. The molecule has 28 heavy (non-hydrogen) atoms. The quantitative estimate of drug-likeness (QED) is 0.591. The summed E-state index contributed by atoms with van der Waals surface area (Å²) in [5, 5.41) is 5.88. The molecule has 1 aromatic carbocycles. The van der Waals surface area contributed by atoms with Crippen LogP contribution in [0.4, 0.5) is 5.69 Å². The highest BCUT2D eigenvalue weighted by molar-refractivity contribution is 7.13. The van der Waals surface area contributed by atoms with Gasteiger partial charge in [-0.2, -0.15) is 0 Å². The first-order chi connectivity index (χ1) is 13.6. The Morgan fingerprint density at radius 3 is 3.00 bits per heavy atom. The average molecular weight is 398 g/mol. The predicted molar refractivity (Wildman–Crippen MR) is 103 cm³/mol. The Bertz CT molecular complexity index is 982. The Morgan fingerprint density at radius 2 is 2.21 bits per heavy atom. The van der Waals surface area contributed by atoms with Crippen molar-refractivity contribution >= 4 is 28.9 Å². The van der Waals surface area contributed by atoms with E-state index in [0.29, 0.717) is 22.9 Å². The SMILES string of the molecule is COc1cccc(N2CC(C(=O)OCc3cc(-c4cccs4)on3)CC2=O)c1. The molecule has 1 aliphatic heterocycles. The van der Waals surface area contributed by atoms with E-state index in [2.05, 4.69) is 5.16 Å². The summed E-state index contributed by atoms with van der Waals surface area (Å²) < 4.78 is 15.8. The second-order valence-electron chi connectivity index (χ2n) is 6.37. The lowest BCUT2D eigenvalue weighted by molar-refractivity contribution is -0.149. The van der Waals surface area contributed by atoms with Gasteiger partial charge in [-0.15, -0.1) is 11.3 Å². The molecule has 3 aromatic rings. The molecule has 7 nitrogen and oxygen atoms in total. The lowest BCUT2D eigenvalue weighted by Crippen LogP contribution is -2.26. The van der Waals surface area contributed by atoms with Crippen molar-refractivity contribution in [2.45, 2.75) is 13.0 Å². The molecule has 1 saturated heterocycles. The number of hydrogen-bond acceptors (Lipinski definition) is 7. The van der Waals surface area contributed by atoms with Crippen molar-refractivity contribution < 1.29 is 23.6 Å². The number of anilines is 1. The maximum absolute atomic E-state index is 12.4. The Balaban J connectivity index is 1.36. The van der Waals surface area contributed by atoms with Crippen molar-refractivity contribution in [3.05, 3.63) is 53.5 Å². The van der Waals surface area contributed by atoms with Gasteiger partial charge in [0.25, 0.3) is 0 Å². The summed E-state index contributed by atoms with van der Waals surface area (Å²) in [4.78, 5) is 27.3. The highest BCUT2D eigenvalue weighted by atomic mass is 32.1. The van der Waals surface area contributed by atoms with Crippen molar-refractivity contribution in [3.63, 3.8) is 0 Å². The number of aromatic nitrogens is 1. The molecule has 1 aliphatic rings. The van der Waals surface area contributed by atoms with Crippen molar-refractivity contribution in [2.24, 2.45) is 5.92 Å². The van der Waals surface area contributed by atoms with Crippen LogP contribution in [0.2, 0.25) is 0 Å². The van der Waals surface area contributed by atoms with Gasteiger partial charge in [0.15, 0.2) is 5.76 Å². The van der Waals surface area contributed by atoms with Gasteiger partial charge in [0.2, 0.25) is 5.91 Å². The van der Waals surface area contributed by atoms with E-state index < -0.39 is 11.9 Å². The first-order valence-electron chi connectivity index (χ1n) is 8.74. The van der Waals surface area contributed by atoms with Gasteiger partial charge in [-0.05, 0) is 23.6 Å². The number of benzene rings is 1. The summed E-state index contributed by atoms with van der Waals surface area (Å²) in [7, 11) is 1.57. The van der Waals surface area contributed by atoms with E-state index in [1.807, 2.05) is 29.6 Å². The van der Waals surface area contributed by atoms with Crippen LogP contribution in [0, 0.1) is 5.92 Å². The maximum Gasteiger partial charge on any atom is 0.311 e. The van der Waals surface area contributed by atoms with Gasteiger partial charge in [-0.3, -0.25) is 9.59 Å². The fourth-order valence-electron chi connectivity index (χ4n) is 3.07. The topological polar surface area (TPSA) is 81.9 Å². The van der Waals surface area contributed by atoms with Gasteiger partial charge in [-0.25, -0.2) is 0 Å². The minimum Gasteiger partial charge on any atom is -0.497 e. The Hall–Kier alpha value is -3.13. The number of amides is 1. The van der Waals surface area contributed by atoms with Gasteiger partial charge in [0, 0.05) is 30.8 Å². The van der Waals surface area contributed by atoms with Crippen molar-refractivity contribution in [2.75, 3.05) is 18.6 Å². The molecule has 0 aliphatic carbocycles. The van der Waals surface area contributed by atoms with Crippen molar-refractivity contribution in [3.8, 4) is 16.4 Å². The third-order valence-electron chi connectivity index (χ3n) is 4.51. The van der Waals surface area contributed by atoms with Crippen LogP contribution in [0.15, 0.2) is 52.4 Å². The molecule has 1 fully saturated rings. The zero-order valence-corrected chi connectivity index (χ0v) is 16.0. The molecule has 1 unspecified atom stereocenters. The standard InChI is InChI=1S/C20H18N2O5S/c1-25-16-5-2-4-15(10-16)22-11-13(8-19(22)23)20(24)26-12-14-9-17(27-21-14)18-6-3-7-28-18/h2-7,9-10,13H,8,11-12H2,1H3. The third-order valence-corrected chi connectivity index (χ3v) is 5.39. The molecule has 0 bridgehead atoms. The zero-order chi connectivity index (χ0) is 19.5. The smallest absolute Gasteiger partial charge is 0.311 e. The largest absolute Gasteiger partial charge is 0.497 e. The van der Waals surface area contributed by atoms with Crippen LogP contribution in [-0.2, 0) is 20.9 Å². The van der Waals surface area contributed by atoms with E-state index in [4.69, 9.17) is 14.0 Å². The number of ether oxygens (including phenoxy) is 2. The average Bonchev–Trinajstić information content (AvgIpc) is 3.46. The molecule has 0 saturated carbocycles. The Morgan fingerprint density at radius 1 is 1.32 bits per heavy atom. The number of rotatable bonds is 6. The van der Waals surface area contributed by atoms with E-state index in [0.717, 1.165) is 4.88 Å². The van der Waals surface area contributed by atoms with Crippen LogP contribution in [0.1, 0.15) is 12.1 Å². The summed E-state index contributed by atoms with van der Waals surface area (Å²) in [5.41, 5.74) is 1.24. The molecular weight excluding hydrogens is 380 g/mol. The first kappa shape index (κ1) is 18.2. The summed E-state index contributed by atoms with van der Waals surface area (Å²) >= 11 is 1.54. The summed E-state index contributed by atoms with van der Waals surface area (Å²) in [6.07, 6.45) is 0.120. The van der Waals surface area contributed by atoms with Crippen LogP contribution in [0.5, 0.6) is 5.75 Å². The molecule has 3 heterocycles. The molecule has 1 atom stereocenters. The molecule has 0 N–H and O–H groups in total. The molecular formula is C20H18N2O5S. The highest BCUT2D eigenvalue weighted by Gasteiger charge is 2.36. The van der Waals surface area contributed by atoms with E-state index in [9.17, 15) is 9.59 Å². The van der Waals surface area contributed by atoms with Crippen molar-refractivity contribution in [1.29, 1.82) is 0 Å². The molecule has 4 rings (SSSR count). The van der Waals surface area contributed by atoms with Gasteiger partial charge in [0.05, 0.1) is 17.9 Å². The second-order valence-corrected chi connectivity index (χ2v) is 7.32. The minimum absolute atomic E-state index is 0.0115. The Labute approximate surface area is 165 Å². The lowest BCUT2D eigenvalue weighted by Gasteiger charge is -2.17. The number of carbonyl (C=O) groups excluding carboxylic acids is 2. The number of hydrogen-bond donors (Lipinski definition) is 0. The fourth-order valence-corrected chi connectivity index (χ4v) is 3.74. The fraction of sp³-hybridized carbons (Fsp3) is 0.250. The monoisotopic (exact) mass is 398 g/mol.